The highest BCUT2D eigenvalue weighted by molar-refractivity contribution is 7.48. The highest BCUT2D eigenvalue weighted by atomic mass is 31.2. The summed E-state index contributed by atoms with van der Waals surface area (Å²) < 4.78 is 146. The Hall–Kier alpha value is -14.1. The molecule has 0 radical (unpaired) electrons. The van der Waals surface area contributed by atoms with E-state index in [-0.39, 0.29) is 88.4 Å². The number of pyridine rings is 3. The van der Waals surface area contributed by atoms with Crippen molar-refractivity contribution in [2.75, 3.05) is 34.5 Å². The first kappa shape index (κ1) is 67.7. The van der Waals surface area contributed by atoms with Gasteiger partial charge in [0.15, 0.2) is 54.6 Å². The quantitative estimate of drug-likeness (QED) is 0.0366. The van der Waals surface area contributed by atoms with Crippen molar-refractivity contribution in [2.45, 2.75) is 38.3 Å². The lowest BCUT2D eigenvalue weighted by molar-refractivity contribution is 0.0456. The maximum absolute atomic E-state index is 16.4. The van der Waals surface area contributed by atoms with Crippen LogP contribution >= 0.6 is 7.82 Å². The van der Waals surface area contributed by atoms with Crippen LogP contribution in [0, 0.1) is 34.9 Å². The van der Waals surface area contributed by atoms with Crippen molar-refractivity contribution in [3.05, 3.63) is 236 Å². The number of fused-ring (bicyclic) bond motifs is 3. The number of hydrogen-bond donors (Lipinski definition) is 0. The summed E-state index contributed by atoms with van der Waals surface area (Å²) in [5.74, 6) is -3.93. The Morgan fingerprint density at radius 3 is 0.973 bits per heavy atom. The predicted molar refractivity (Wildman–Crippen MR) is 365 cm³/mol. The Bertz CT molecular complexity index is 5620. The average Bonchev–Trinajstić information content (AvgIpc) is 1.68. The van der Waals surface area contributed by atoms with E-state index < -0.39 is 99.3 Å². The summed E-state index contributed by atoms with van der Waals surface area (Å²) in [4.78, 5) is 82.2. The Morgan fingerprint density at radius 2 is 0.691 bits per heavy atom. The van der Waals surface area contributed by atoms with Crippen LogP contribution in [-0.4, -0.2) is 141 Å². The molecule has 3 aliphatic rings. The van der Waals surface area contributed by atoms with Crippen molar-refractivity contribution < 1.29 is 73.1 Å². The first-order chi connectivity index (χ1) is 53.5. The molecule has 15 heterocycles. The van der Waals surface area contributed by atoms with Gasteiger partial charge in [-0.25, -0.2) is 117 Å². The van der Waals surface area contributed by atoms with E-state index in [4.69, 9.17) is 42.7 Å². The Labute approximate surface area is 610 Å². The number of anilines is 3. The van der Waals surface area contributed by atoms with E-state index in [1.165, 1.54) is 138 Å². The number of phosphoric ester groups is 1. The summed E-state index contributed by atoms with van der Waals surface area (Å²) in [5, 5.41) is 26.2. The lowest BCUT2D eigenvalue weighted by atomic mass is 10.1. The van der Waals surface area contributed by atoms with Crippen LogP contribution in [0.3, 0.4) is 0 Å². The van der Waals surface area contributed by atoms with Crippen LogP contribution in [0.1, 0.15) is 35.2 Å². The monoisotopic (exact) mass is 1510 g/mol. The minimum Gasteiger partial charge on any atom is -0.446 e. The molecule has 12 aromatic heterocycles. The second kappa shape index (κ2) is 27.3. The summed E-state index contributed by atoms with van der Waals surface area (Å²) in [7, 11) is -4.87. The highest BCUT2D eigenvalue weighted by Crippen LogP contribution is 2.51. The van der Waals surface area contributed by atoms with Crippen LogP contribution in [0.4, 0.5) is 58.2 Å². The molecule has 0 aliphatic carbocycles. The second-order valence-electron chi connectivity index (χ2n) is 24.6. The minimum atomic E-state index is -4.87. The topological polar surface area (TPSA) is 355 Å². The zero-order chi connectivity index (χ0) is 75.1. The molecular formula is C69H45F6N24O10P. The highest BCUT2D eigenvalue weighted by Gasteiger charge is 2.41. The number of cyclic esters (lactones) is 3. The maximum atomic E-state index is 16.4. The number of carbonyl (C=O) groups excluding carboxylic acids is 3. The molecule has 3 aliphatic heterocycles. The van der Waals surface area contributed by atoms with Crippen LogP contribution in [0.25, 0.3) is 84.5 Å². The molecule has 3 amide bonds. The average molecular weight is 1520 g/mol. The van der Waals surface area contributed by atoms with E-state index in [0.29, 0.717) is 50.5 Å². The van der Waals surface area contributed by atoms with Crippen LogP contribution in [0.2, 0.25) is 0 Å². The number of halogens is 6. The van der Waals surface area contributed by atoms with Crippen molar-refractivity contribution in [1.82, 2.24) is 103 Å². The number of phosphoric acid groups is 1. The molecule has 3 saturated heterocycles. The molecular weight excluding hydrogens is 1470 g/mol. The molecule has 3 aromatic carbocycles. The largest absolute Gasteiger partial charge is 0.480 e. The van der Waals surface area contributed by atoms with Gasteiger partial charge in [0.1, 0.15) is 109 Å². The molecule has 3 fully saturated rings. The molecule has 548 valence electrons. The van der Waals surface area contributed by atoms with Crippen LogP contribution < -0.4 is 14.7 Å². The number of benzene rings is 3. The third-order valence-electron chi connectivity index (χ3n) is 17.9. The van der Waals surface area contributed by atoms with Gasteiger partial charge < -0.3 is 14.2 Å². The van der Waals surface area contributed by atoms with Crippen LogP contribution in [0.15, 0.2) is 184 Å². The fourth-order valence-electron chi connectivity index (χ4n) is 12.6. The number of nitrogens with zero attached hydrogens (tertiary/aromatic N) is 24. The van der Waals surface area contributed by atoms with Gasteiger partial charge in [0.2, 0.25) is 0 Å². The van der Waals surface area contributed by atoms with E-state index >= 15 is 13.2 Å². The van der Waals surface area contributed by atoms with E-state index in [1.807, 2.05) is 0 Å². The number of amides is 3. The maximum Gasteiger partial charge on any atom is 0.480 e. The first-order valence-electron chi connectivity index (χ1n) is 32.9. The molecule has 110 heavy (non-hydrogen) atoms. The SMILES string of the molecule is O=C1OC[C@H](c2ccc(F)cn2)N1c1ccn2ncc(-c3ccc(-c4ncn(COP(=O)(OCn5cnc(-c6ccc(-c7cnn8ccc(N9C(=O)OC[C@@H]9c9ccc(F)cn9)nc78)cc6F)n5)OCn5cnc(-c6ccc(-c7cnn8ccc(N9C(=O)OC[C@@H]9c9ccc(F)cn9)nc78)cc6F)n5)n4)c(F)c3)c2n1. The number of carbonyl (C=O) groups is 3. The number of aromatic nitrogens is 21. The van der Waals surface area contributed by atoms with Crippen molar-refractivity contribution in [3.63, 3.8) is 0 Å². The molecule has 34 nitrogen and oxygen atoms in total. The van der Waals surface area contributed by atoms with E-state index in [2.05, 4.69) is 60.5 Å². The van der Waals surface area contributed by atoms with Gasteiger partial charge in [-0.05, 0) is 108 Å². The molecule has 18 rings (SSSR count). The lowest BCUT2D eigenvalue weighted by Gasteiger charge is -2.20. The summed E-state index contributed by atoms with van der Waals surface area (Å²) in [6.45, 7) is -2.33. The standard InChI is InChI=1S/C69H45F6N24O10P/c70-40-4-10-52(76-22-40)55-28-104-67(100)97(55)58-13-16-94-64(85-58)46(25-82-94)37-1-7-43(49(73)19-37)61-79-31-91(88-61)34-107-110(103,108-35-92-32-80-62(89-92)44-8-2-38(20-50(44)74)47-26-83-95-17-14-59(86-65(47)95)98-56(29-105-68(98)101)53-11-5-41(71)23-77-53)109-36-93-33-81-63(90-93)45-9-3-39(21-51(45)75)48-27-84-96-18-15-60(87-66(48)96)99-57(30-106-69(99)102)54-12-6-42(72)24-78-54/h1-27,31-33,55-57H,28-30,34-36H2/t55-,56-,57-/m1/s1. The van der Waals surface area contributed by atoms with Crippen LogP contribution in [0.5, 0.6) is 0 Å². The Morgan fingerprint density at radius 1 is 0.382 bits per heavy atom. The fraction of sp³-hybridized carbons (Fsp3) is 0.130. The van der Waals surface area contributed by atoms with Crippen molar-refractivity contribution in [3.8, 4) is 67.5 Å². The summed E-state index contributed by atoms with van der Waals surface area (Å²) in [6, 6.07) is 23.0. The number of hydrogen-bond acceptors (Lipinski definition) is 25. The van der Waals surface area contributed by atoms with Gasteiger partial charge in [-0.15, -0.1) is 15.3 Å². The molecule has 0 N–H and O–H groups in total. The lowest BCUT2D eigenvalue weighted by Crippen LogP contribution is -2.28. The number of ether oxygens (including phenoxy) is 3. The van der Waals surface area contributed by atoms with Crippen molar-refractivity contribution in [2.24, 2.45) is 0 Å². The van der Waals surface area contributed by atoms with Gasteiger partial charge in [-0.3, -0.25) is 28.5 Å². The molecule has 3 atom stereocenters. The van der Waals surface area contributed by atoms with Gasteiger partial charge >= 0.3 is 26.1 Å². The molecule has 15 aromatic rings. The van der Waals surface area contributed by atoms with Gasteiger partial charge in [0, 0.05) is 35.3 Å². The first-order valence-corrected chi connectivity index (χ1v) is 34.3. The summed E-state index contributed by atoms with van der Waals surface area (Å²) in [5.41, 5.74) is 3.74. The van der Waals surface area contributed by atoms with E-state index in [0.717, 1.165) is 51.6 Å². The Kier molecular flexibility index (Phi) is 16.8. The second-order valence-corrected chi connectivity index (χ2v) is 26.2. The molecule has 41 heteroatoms. The molecule has 0 bridgehead atoms. The van der Waals surface area contributed by atoms with E-state index in [1.54, 1.807) is 36.8 Å². The molecule has 0 unspecified atom stereocenters. The van der Waals surface area contributed by atoms with Crippen molar-refractivity contribution in [1.29, 1.82) is 0 Å². The third-order valence-corrected chi connectivity index (χ3v) is 19.2. The Balaban J connectivity index is 0.585. The molecule has 0 saturated carbocycles. The van der Waals surface area contributed by atoms with Crippen LogP contribution in [-0.2, 0) is 52.5 Å². The smallest absolute Gasteiger partial charge is 0.446 e. The van der Waals surface area contributed by atoms with Gasteiger partial charge in [0.05, 0.1) is 71.0 Å². The normalized spacial score (nSPS) is 16.0. The van der Waals surface area contributed by atoms with Crippen molar-refractivity contribution >= 4 is 60.5 Å². The van der Waals surface area contributed by atoms with Gasteiger partial charge in [-0.2, -0.15) is 15.3 Å². The zero-order valence-electron chi connectivity index (χ0n) is 55.8. The molecule has 0 spiro atoms. The summed E-state index contributed by atoms with van der Waals surface area (Å²) in [6.07, 6.45) is 13.5. The fourth-order valence-corrected chi connectivity index (χ4v) is 13.6. The van der Waals surface area contributed by atoms with E-state index in [9.17, 15) is 32.1 Å². The minimum absolute atomic E-state index is 0.0698. The van der Waals surface area contributed by atoms with Gasteiger partial charge in [0.25, 0.3) is 0 Å². The number of rotatable bonds is 21. The van der Waals surface area contributed by atoms with Gasteiger partial charge in [-0.1, -0.05) is 18.2 Å². The zero-order valence-corrected chi connectivity index (χ0v) is 56.7. The summed E-state index contributed by atoms with van der Waals surface area (Å²) >= 11 is 0. The third kappa shape index (κ3) is 12.7. The predicted octanol–water partition coefficient (Wildman–Crippen LogP) is 11.1.